The number of hydrogen-bond donors (Lipinski definition) is 0. The molecule has 4 nitrogen and oxygen atoms in total. The van der Waals surface area contributed by atoms with Gasteiger partial charge in [0.1, 0.15) is 18.2 Å². The summed E-state index contributed by atoms with van der Waals surface area (Å²) in [5.74, 6) is 0.713. The molecule has 0 radical (unpaired) electrons. The van der Waals surface area contributed by atoms with E-state index in [4.69, 9.17) is 9.47 Å². The van der Waals surface area contributed by atoms with Crippen LogP contribution in [0.4, 0.5) is 4.39 Å². The SMILES string of the molecule is Fc1ccc(CN2CCCN(CCOCCOc3ccccc3)CC2)cc1. The molecule has 1 saturated heterocycles. The maximum Gasteiger partial charge on any atom is 0.123 e. The van der Waals surface area contributed by atoms with Gasteiger partial charge in [-0.3, -0.25) is 9.80 Å². The first-order valence-electron chi connectivity index (χ1n) is 9.74. The smallest absolute Gasteiger partial charge is 0.123 e. The number of benzene rings is 2. The van der Waals surface area contributed by atoms with Crippen molar-refractivity contribution in [2.24, 2.45) is 0 Å². The third kappa shape index (κ3) is 7.29. The molecule has 0 unspecified atom stereocenters. The molecule has 0 aliphatic carbocycles. The number of rotatable bonds is 9. The summed E-state index contributed by atoms with van der Waals surface area (Å²) in [6.07, 6.45) is 1.15. The summed E-state index contributed by atoms with van der Waals surface area (Å²) in [6, 6.07) is 16.7. The molecular weight excluding hydrogens is 343 g/mol. The zero-order valence-corrected chi connectivity index (χ0v) is 15.9. The summed E-state index contributed by atoms with van der Waals surface area (Å²) in [5.41, 5.74) is 1.17. The summed E-state index contributed by atoms with van der Waals surface area (Å²) in [4.78, 5) is 4.91. The lowest BCUT2D eigenvalue weighted by Crippen LogP contribution is -2.33. The normalized spacial score (nSPS) is 16.2. The monoisotopic (exact) mass is 372 g/mol. The number of ether oxygens (including phenoxy) is 2. The Labute approximate surface area is 161 Å². The minimum atomic E-state index is -0.171. The van der Waals surface area contributed by atoms with Crippen molar-refractivity contribution < 1.29 is 13.9 Å². The first kappa shape index (κ1) is 19.8. The van der Waals surface area contributed by atoms with E-state index in [9.17, 15) is 4.39 Å². The van der Waals surface area contributed by atoms with Gasteiger partial charge in [-0.1, -0.05) is 30.3 Å². The molecule has 0 saturated carbocycles. The van der Waals surface area contributed by atoms with Crippen LogP contribution < -0.4 is 4.74 Å². The Hall–Kier alpha value is -1.95. The van der Waals surface area contributed by atoms with Gasteiger partial charge in [-0.05, 0) is 49.3 Å². The lowest BCUT2D eigenvalue weighted by Gasteiger charge is -2.21. The maximum atomic E-state index is 13.0. The van der Waals surface area contributed by atoms with Crippen LogP contribution in [0.2, 0.25) is 0 Å². The minimum absolute atomic E-state index is 0.171. The van der Waals surface area contributed by atoms with Gasteiger partial charge in [0.15, 0.2) is 0 Å². The summed E-state index contributed by atoms with van der Waals surface area (Å²) >= 11 is 0. The fraction of sp³-hybridized carbons (Fsp3) is 0.455. The Morgan fingerprint density at radius 3 is 2.33 bits per heavy atom. The van der Waals surface area contributed by atoms with E-state index in [0.717, 1.165) is 58.0 Å². The predicted molar refractivity (Wildman–Crippen MR) is 105 cm³/mol. The van der Waals surface area contributed by atoms with Crippen LogP contribution in [0.25, 0.3) is 0 Å². The van der Waals surface area contributed by atoms with Gasteiger partial charge < -0.3 is 9.47 Å². The second-order valence-electron chi connectivity index (χ2n) is 6.87. The molecule has 0 bridgehead atoms. The summed E-state index contributed by atoms with van der Waals surface area (Å²) in [6.45, 7) is 8.03. The van der Waals surface area contributed by atoms with Crippen LogP contribution in [0.1, 0.15) is 12.0 Å². The molecule has 1 heterocycles. The van der Waals surface area contributed by atoms with Crippen LogP contribution in [0.3, 0.4) is 0 Å². The fourth-order valence-electron chi connectivity index (χ4n) is 3.28. The highest BCUT2D eigenvalue weighted by molar-refractivity contribution is 5.20. The second kappa shape index (κ2) is 11.0. The number of halogens is 1. The summed E-state index contributed by atoms with van der Waals surface area (Å²) in [5, 5.41) is 0. The molecule has 0 N–H and O–H groups in total. The molecule has 1 aliphatic heterocycles. The molecule has 0 aromatic heterocycles. The van der Waals surface area contributed by atoms with Crippen LogP contribution in [0.5, 0.6) is 5.75 Å². The van der Waals surface area contributed by atoms with E-state index in [2.05, 4.69) is 9.80 Å². The van der Waals surface area contributed by atoms with Crippen molar-refractivity contribution in [3.63, 3.8) is 0 Å². The molecule has 146 valence electrons. The first-order chi connectivity index (χ1) is 13.3. The molecule has 27 heavy (non-hydrogen) atoms. The Morgan fingerprint density at radius 2 is 1.52 bits per heavy atom. The van der Waals surface area contributed by atoms with Crippen molar-refractivity contribution in [2.45, 2.75) is 13.0 Å². The molecule has 1 fully saturated rings. The minimum Gasteiger partial charge on any atom is -0.491 e. The lowest BCUT2D eigenvalue weighted by atomic mass is 10.2. The summed E-state index contributed by atoms with van der Waals surface area (Å²) < 4.78 is 24.4. The topological polar surface area (TPSA) is 24.9 Å². The first-order valence-corrected chi connectivity index (χ1v) is 9.74. The quantitative estimate of drug-likeness (QED) is 0.630. The second-order valence-corrected chi connectivity index (χ2v) is 6.87. The highest BCUT2D eigenvalue weighted by Gasteiger charge is 2.14. The number of nitrogens with zero attached hydrogens (tertiary/aromatic N) is 2. The molecule has 1 aliphatic rings. The van der Waals surface area contributed by atoms with Crippen molar-refractivity contribution in [1.29, 1.82) is 0 Å². The van der Waals surface area contributed by atoms with E-state index in [-0.39, 0.29) is 5.82 Å². The van der Waals surface area contributed by atoms with Crippen molar-refractivity contribution in [2.75, 3.05) is 52.5 Å². The largest absolute Gasteiger partial charge is 0.491 e. The molecular formula is C22H29FN2O2. The van der Waals surface area contributed by atoms with E-state index in [1.165, 1.54) is 17.7 Å². The molecule has 0 atom stereocenters. The van der Waals surface area contributed by atoms with E-state index >= 15 is 0 Å². The van der Waals surface area contributed by atoms with E-state index in [1.807, 2.05) is 42.5 Å². The van der Waals surface area contributed by atoms with Gasteiger partial charge in [-0.25, -0.2) is 4.39 Å². The fourth-order valence-corrected chi connectivity index (χ4v) is 3.28. The van der Waals surface area contributed by atoms with Crippen molar-refractivity contribution in [3.05, 3.63) is 66.0 Å². The Kier molecular flexibility index (Phi) is 8.08. The van der Waals surface area contributed by atoms with Gasteiger partial charge in [0, 0.05) is 26.2 Å². The highest BCUT2D eigenvalue weighted by atomic mass is 19.1. The zero-order chi connectivity index (χ0) is 18.7. The lowest BCUT2D eigenvalue weighted by molar-refractivity contribution is 0.0803. The van der Waals surface area contributed by atoms with Crippen LogP contribution >= 0.6 is 0 Å². The van der Waals surface area contributed by atoms with E-state index < -0.39 is 0 Å². The van der Waals surface area contributed by atoms with Gasteiger partial charge in [-0.15, -0.1) is 0 Å². The molecule has 2 aromatic carbocycles. The standard InChI is InChI=1S/C22H29FN2O2/c23-21-9-7-20(8-10-21)19-25-12-4-11-24(13-14-25)15-16-26-17-18-27-22-5-2-1-3-6-22/h1-3,5-10H,4,11-19H2. The average Bonchev–Trinajstić information content (AvgIpc) is 2.92. The number of hydrogen-bond acceptors (Lipinski definition) is 4. The third-order valence-electron chi connectivity index (χ3n) is 4.79. The van der Waals surface area contributed by atoms with Gasteiger partial charge in [0.05, 0.1) is 13.2 Å². The molecule has 0 amide bonds. The Morgan fingerprint density at radius 1 is 0.778 bits per heavy atom. The van der Waals surface area contributed by atoms with E-state index in [1.54, 1.807) is 0 Å². The van der Waals surface area contributed by atoms with E-state index in [0.29, 0.717) is 13.2 Å². The van der Waals surface area contributed by atoms with Crippen molar-refractivity contribution in [1.82, 2.24) is 9.80 Å². The Bertz CT molecular complexity index is 651. The average molecular weight is 372 g/mol. The maximum absolute atomic E-state index is 13.0. The molecule has 3 rings (SSSR count). The molecule has 5 heteroatoms. The van der Waals surface area contributed by atoms with Gasteiger partial charge >= 0.3 is 0 Å². The van der Waals surface area contributed by atoms with Crippen LogP contribution in [-0.4, -0.2) is 62.3 Å². The zero-order valence-electron chi connectivity index (χ0n) is 15.9. The van der Waals surface area contributed by atoms with Crippen molar-refractivity contribution >= 4 is 0 Å². The molecule has 0 spiro atoms. The molecule has 2 aromatic rings. The Balaban J connectivity index is 1.27. The van der Waals surface area contributed by atoms with Gasteiger partial charge in [0.2, 0.25) is 0 Å². The van der Waals surface area contributed by atoms with Gasteiger partial charge in [-0.2, -0.15) is 0 Å². The predicted octanol–water partition coefficient (Wildman–Crippen LogP) is 3.43. The third-order valence-corrected chi connectivity index (χ3v) is 4.79. The van der Waals surface area contributed by atoms with Crippen LogP contribution in [0.15, 0.2) is 54.6 Å². The van der Waals surface area contributed by atoms with Crippen molar-refractivity contribution in [3.8, 4) is 5.75 Å². The highest BCUT2D eigenvalue weighted by Crippen LogP contribution is 2.10. The summed E-state index contributed by atoms with van der Waals surface area (Å²) in [7, 11) is 0. The number of para-hydroxylation sites is 1. The van der Waals surface area contributed by atoms with Crippen LogP contribution in [0, 0.1) is 5.82 Å². The van der Waals surface area contributed by atoms with Gasteiger partial charge in [0.25, 0.3) is 0 Å². The van der Waals surface area contributed by atoms with Crippen LogP contribution in [-0.2, 0) is 11.3 Å².